The van der Waals surface area contributed by atoms with Crippen molar-refractivity contribution in [3.05, 3.63) is 24.3 Å². The summed E-state index contributed by atoms with van der Waals surface area (Å²) in [4.78, 5) is 1.90. The lowest BCUT2D eigenvalue weighted by molar-refractivity contribution is 0.140. The highest BCUT2D eigenvalue weighted by Crippen LogP contribution is 2.17. The Balaban J connectivity index is 2.71. The molecule has 1 rings (SSSR count). The fraction of sp³-hybridized carbons (Fsp3) is 0.400. The van der Waals surface area contributed by atoms with Crippen molar-refractivity contribution in [1.82, 2.24) is 0 Å². The Kier molecular flexibility index (Phi) is 4.22. The minimum Gasteiger partial charge on any atom is -0.508 e. The maximum absolute atomic E-state index is 9.12. The Bertz CT molecular complexity index is 255. The Morgan fingerprint density at radius 2 is 1.57 bits per heavy atom. The summed E-state index contributed by atoms with van der Waals surface area (Å²) in [5.41, 5.74) is 0.950. The zero-order chi connectivity index (χ0) is 10.4. The van der Waals surface area contributed by atoms with Crippen LogP contribution in [0, 0.1) is 0 Å². The largest absolute Gasteiger partial charge is 0.508 e. The average Bonchev–Trinajstić information content (AvgIpc) is 2.19. The van der Waals surface area contributed by atoms with Gasteiger partial charge in [-0.1, -0.05) is 0 Å². The molecular weight excluding hydrogens is 182 g/mol. The first-order valence-corrected chi connectivity index (χ1v) is 4.29. The van der Waals surface area contributed by atoms with Crippen molar-refractivity contribution < 1.29 is 14.6 Å². The van der Waals surface area contributed by atoms with E-state index in [1.807, 2.05) is 17.0 Å². The van der Waals surface area contributed by atoms with Crippen molar-refractivity contribution in [3.63, 3.8) is 0 Å². The molecule has 78 valence electrons. The summed E-state index contributed by atoms with van der Waals surface area (Å²) in [5, 5.41) is 9.12. The van der Waals surface area contributed by atoms with Gasteiger partial charge < -0.3 is 19.5 Å². The molecule has 0 aromatic heterocycles. The maximum Gasteiger partial charge on any atom is 0.120 e. The third kappa shape index (κ3) is 2.90. The molecule has 0 atom stereocenters. The van der Waals surface area contributed by atoms with E-state index in [1.165, 1.54) is 0 Å². The summed E-state index contributed by atoms with van der Waals surface area (Å²) < 4.78 is 10.0. The number of aromatic hydroxyl groups is 1. The molecule has 0 heterocycles. The van der Waals surface area contributed by atoms with Gasteiger partial charge >= 0.3 is 0 Å². The van der Waals surface area contributed by atoms with Gasteiger partial charge in [-0.15, -0.1) is 0 Å². The minimum absolute atomic E-state index is 0.253. The van der Waals surface area contributed by atoms with E-state index < -0.39 is 0 Å². The zero-order valence-electron chi connectivity index (χ0n) is 8.43. The molecule has 0 fully saturated rings. The molecule has 0 aliphatic carbocycles. The summed E-state index contributed by atoms with van der Waals surface area (Å²) in [5.74, 6) is 0.253. The number of ether oxygens (including phenoxy) is 2. The number of hydrogen-bond donors (Lipinski definition) is 1. The van der Waals surface area contributed by atoms with Crippen molar-refractivity contribution in [1.29, 1.82) is 0 Å². The third-order valence-electron chi connectivity index (χ3n) is 1.78. The van der Waals surface area contributed by atoms with Crippen LogP contribution in [0.15, 0.2) is 24.3 Å². The van der Waals surface area contributed by atoms with Crippen molar-refractivity contribution in [2.75, 3.05) is 32.6 Å². The molecule has 0 spiro atoms. The van der Waals surface area contributed by atoms with E-state index in [0.717, 1.165) is 5.69 Å². The normalized spacial score (nSPS) is 10.1. The number of benzene rings is 1. The lowest BCUT2D eigenvalue weighted by atomic mass is 10.3. The smallest absolute Gasteiger partial charge is 0.120 e. The lowest BCUT2D eigenvalue weighted by Crippen LogP contribution is -2.27. The van der Waals surface area contributed by atoms with Crippen LogP contribution < -0.4 is 4.90 Å². The van der Waals surface area contributed by atoms with Crippen molar-refractivity contribution >= 4 is 5.69 Å². The topological polar surface area (TPSA) is 41.9 Å². The number of rotatable bonds is 5. The van der Waals surface area contributed by atoms with Crippen molar-refractivity contribution in [3.8, 4) is 5.75 Å². The minimum atomic E-state index is 0.253. The molecule has 1 N–H and O–H groups in total. The van der Waals surface area contributed by atoms with Crippen LogP contribution in [0.2, 0.25) is 0 Å². The van der Waals surface area contributed by atoms with E-state index in [0.29, 0.717) is 13.5 Å². The molecule has 0 amide bonds. The average molecular weight is 197 g/mol. The first kappa shape index (κ1) is 10.8. The standard InChI is InChI=1S/C10H15NO3/c1-13-7-11(8-14-2)9-3-5-10(12)6-4-9/h3-6,12H,7-8H2,1-2H3. The zero-order valence-corrected chi connectivity index (χ0v) is 8.43. The molecule has 0 saturated heterocycles. The van der Waals surface area contributed by atoms with Gasteiger partial charge in [0, 0.05) is 19.9 Å². The second kappa shape index (κ2) is 5.47. The highest BCUT2D eigenvalue weighted by Gasteiger charge is 2.04. The first-order chi connectivity index (χ1) is 6.77. The van der Waals surface area contributed by atoms with Crippen LogP contribution in [0.25, 0.3) is 0 Å². The van der Waals surface area contributed by atoms with E-state index in [2.05, 4.69) is 0 Å². The lowest BCUT2D eigenvalue weighted by Gasteiger charge is -2.22. The molecule has 0 aliphatic rings. The molecule has 1 aromatic rings. The van der Waals surface area contributed by atoms with Gasteiger partial charge in [0.2, 0.25) is 0 Å². The van der Waals surface area contributed by atoms with Gasteiger partial charge in [-0.2, -0.15) is 0 Å². The van der Waals surface area contributed by atoms with Crippen molar-refractivity contribution in [2.45, 2.75) is 0 Å². The third-order valence-corrected chi connectivity index (χ3v) is 1.78. The Hall–Kier alpha value is -1.26. The van der Waals surface area contributed by atoms with Crippen LogP contribution in [0.3, 0.4) is 0 Å². The van der Waals surface area contributed by atoms with Gasteiger partial charge in [-0.25, -0.2) is 0 Å². The van der Waals surface area contributed by atoms with E-state index in [-0.39, 0.29) is 5.75 Å². The van der Waals surface area contributed by atoms with Gasteiger partial charge in [0.15, 0.2) is 0 Å². The molecule has 0 saturated carbocycles. The van der Waals surface area contributed by atoms with Crippen molar-refractivity contribution in [2.24, 2.45) is 0 Å². The first-order valence-electron chi connectivity index (χ1n) is 4.29. The highest BCUT2D eigenvalue weighted by molar-refractivity contribution is 5.48. The number of methoxy groups -OCH3 is 2. The number of phenols is 1. The van der Waals surface area contributed by atoms with E-state index in [1.54, 1.807) is 26.4 Å². The molecule has 1 aromatic carbocycles. The number of nitrogens with zero attached hydrogens (tertiary/aromatic N) is 1. The van der Waals surface area contributed by atoms with E-state index in [9.17, 15) is 0 Å². The molecule has 4 heteroatoms. The van der Waals surface area contributed by atoms with Crippen LogP contribution in [0.4, 0.5) is 5.69 Å². The predicted molar refractivity (Wildman–Crippen MR) is 54.3 cm³/mol. The van der Waals surface area contributed by atoms with Crippen LogP contribution >= 0.6 is 0 Å². The Morgan fingerprint density at radius 3 is 2.00 bits per heavy atom. The molecule has 4 nitrogen and oxygen atoms in total. The fourth-order valence-electron chi connectivity index (χ4n) is 1.16. The predicted octanol–water partition coefficient (Wildman–Crippen LogP) is 1.41. The molecule has 0 aliphatic heterocycles. The molecule has 0 unspecified atom stereocenters. The Morgan fingerprint density at radius 1 is 1.07 bits per heavy atom. The maximum atomic E-state index is 9.12. The summed E-state index contributed by atoms with van der Waals surface area (Å²) in [6, 6.07) is 6.89. The summed E-state index contributed by atoms with van der Waals surface area (Å²) >= 11 is 0. The summed E-state index contributed by atoms with van der Waals surface area (Å²) in [6.07, 6.45) is 0. The van der Waals surface area contributed by atoms with Crippen LogP contribution in [-0.2, 0) is 9.47 Å². The van der Waals surface area contributed by atoms with Crippen LogP contribution in [0.5, 0.6) is 5.75 Å². The van der Waals surface area contributed by atoms with Crippen LogP contribution in [-0.4, -0.2) is 32.8 Å². The molecular formula is C10H15NO3. The molecule has 14 heavy (non-hydrogen) atoms. The van der Waals surface area contributed by atoms with Gasteiger partial charge in [0.05, 0.1) is 0 Å². The fourth-order valence-corrected chi connectivity index (χ4v) is 1.16. The van der Waals surface area contributed by atoms with Gasteiger partial charge in [0.25, 0.3) is 0 Å². The van der Waals surface area contributed by atoms with Gasteiger partial charge in [0.1, 0.15) is 19.2 Å². The number of anilines is 1. The quantitative estimate of drug-likeness (QED) is 0.724. The van der Waals surface area contributed by atoms with Crippen LogP contribution in [0.1, 0.15) is 0 Å². The number of phenolic OH excluding ortho intramolecular Hbond substituents is 1. The second-order valence-corrected chi connectivity index (χ2v) is 2.89. The molecule has 0 bridgehead atoms. The summed E-state index contributed by atoms with van der Waals surface area (Å²) in [6.45, 7) is 0.914. The van der Waals surface area contributed by atoms with E-state index in [4.69, 9.17) is 14.6 Å². The monoisotopic (exact) mass is 197 g/mol. The summed E-state index contributed by atoms with van der Waals surface area (Å²) in [7, 11) is 3.26. The Labute approximate surface area is 83.7 Å². The SMILES string of the molecule is COCN(COC)c1ccc(O)cc1. The number of hydrogen-bond acceptors (Lipinski definition) is 4. The van der Waals surface area contributed by atoms with E-state index >= 15 is 0 Å². The van der Waals surface area contributed by atoms with Gasteiger partial charge in [-0.05, 0) is 24.3 Å². The van der Waals surface area contributed by atoms with Gasteiger partial charge in [-0.3, -0.25) is 0 Å². The molecule has 0 radical (unpaired) electrons. The highest BCUT2D eigenvalue weighted by atomic mass is 16.5. The second-order valence-electron chi connectivity index (χ2n) is 2.89.